The first kappa shape index (κ1) is 12.6. The lowest BCUT2D eigenvalue weighted by Crippen LogP contribution is -2.33. The molecule has 0 bridgehead atoms. The lowest BCUT2D eigenvalue weighted by molar-refractivity contribution is -0.149. The molecule has 6 nitrogen and oxygen atoms in total. The van der Waals surface area contributed by atoms with Gasteiger partial charge in [-0.3, -0.25) is 4.79 Å². The van der Waals surface area contributed by atoms with Gasteiger partial charge in [-0.2, -0.15) is 0 Å². The summed E-state index contributed by atoms with van der Waals surface area (Å²) in [7, 11) is 0. The minimum absolute atomic E-state index is 0.354. The van der Waals surface area contributed by atoms with Gasteiger partial charge in [-0.05, 0) is 54.9 Å². The van der Waals surface area contributed by atoms with Gasteiger partial charge in [0.25, 0.3) is 0 Å². The van der Waals surface area contributed by atoms with Crippen LogP contribution < -0.4 is 0 Å². The molecule has 104 valence electrons. The van der Waals surface area contributed by atoms with Crippen molar-refractivity contribution >= 4 is 5.97 Å². The van der Waals surface area contributed by atoms with Gasteiger partial charge < -0.3 is 5.11 Å². The summed E-state index contributed by atoms with van der Waals surface area (Å²) in [5.41, 5.74) is -0.800. The Morgan fingerprint density at radius 2 is 2.11 bits per heavy atom. The van der Waals surface area contributed by atoms with E-state index in [1.54, 1.807) is 11.6 Å². The van der Waals surface area contributed by atoms with E-state index in [1.807, 2.05) is 6.92 Å². The first-order chi connectivity index (χ1) is 9.03. The van der Waals surface area contributed by atoms with Gasteiger partial charge in [-0.25, -0.2) is 4.68 Å². The van der Waals surface area contributed by atoms with Crippen molar-refractivity contribution in [3.05, 3.63) is 5.82 Å². The largest absolute Gasteiger partial charge is 0.481 e. The topological polar surface area (TPSA) is 80.9 Å². The third-order valence-corrected chi connectivity index (χ3v) is 4.96. The Morgan fingerprint density at radius 1 is 1.42 bits per heavy atom. The van der Waals surface area contributed by atoms with Gasteiger partial charge in [0.2, 0.25) is 0 Å². The standard InChI is InChI=1S/C13H20N4O2/c1-3-13(2,12(18)19)7-17-11(14-15-16-17)10-5-8-4-9(8)6-10/h8-10H,3-7H2,1-2H3,(H,18,19). The third-order valence-electron chi connectivity index (χ3n) is 4.96. The molecule has 2 saturated carbocycles. The minimum Gasteiger partial charge on any atom is -0.481 e. The summed E-state index contributed by atoms with van der Waals surface area (Å²) < 4.78 is 1.72. The molecule has 19 heavy (non-hydrogen) atoms. The zero-order valence-corrected chi connectivity index (χ0v) is 11.4. The van der Waals surface area contributed by atoms with Gasteiger partial charge in [0, 0.05) is 5.92 Å². The molecule has 3 rings (SSSR count). The Kier molecular flexibility index (Phi) is 2.83. The van der Waals surface area contributed by atoms with Gasteiger partial charge in [0.05, 0.1) is 12.0 Å². The van der Waals surface area contributed by atoms with E-state index in [-0.39, 0.29) is 0 Å². The quantitative estimate of drug-likeness (QED) is 0.875. The Labute approximate surface area is 112 Å². The number of carbonyl (C=O) groups is 1. The number of nitrogens with zero attached hydrogens (tertiary/aromatic N) is 4. The Balaban J connectivity index is 1.78. The summed E-state index contributed by atoms with van der Waals surface area (Å²) in [4.78, 5) is 11.4. The van der Waals surface area contributed by atoms with Crippen LogP contribution in [0.1, 0.15) is 51.3 Å². The molecule has 2 fully saturated rings. The number of aromatic nitrogens is 4. The van der Waals surface area contributed by atoms with E-state index in [2.05, 4.69) is 15.5 Å². The lowest BCUT2D eigenvalue weighted by atomic mass is 9.87. The smallest absolute Gasteiger partial charge is 0.311 e. The molecule has 1 heterocycles. The highest BCUT2D eigenvalue weighted by atomic mass is 16.4. The fraction of sp³-hybridized carbons (Fsp3) is 0.846. The SMILES string of the molecule is CCC(C)(Cn1nnnc1C1CC2CC2C1)C(=O)O. The average molecular weight is 264 g/mol. The van der Waals surface area contributed by atoms with Crippen LogP contribution in [0.4, 0.5) is 0 Å². The van der Waals surface area contributed by atoms with Crippen molar-refractivity contribution in [3.63, 3.8) is 0 Å². The van der Waals surface area contributed by atoms with E-state index in [0.29, 0.717) is 18.9 Å². The van der Waals surface area contributed by atoms with E-state index < -0.39 is 11.4 Å². The molecule has 0 aliphatic heterocycles. The molecular weight excluding hydrogens is 244 g/mol. The summed E-state index contributed by atoms with van der Waals surface area (Å²) in [5, 5.41) is 21.3. The van der Waals surface area contributed by atoms with Crippen LogP contribution in [0.25, 0.3) is 0 Å². The highest BCUT2D eigenvalue weighted by Gasteiger charge is 2.48. The van der Waals surface area contributed by atoms with Gasteiger partial charge in [-0.15, -0.1) is 5.10 Å². The second kappa shape index (κ2) is 4.28. The average Bonchev–Trinajstić information content (AvgIpc) is 2.80. The van der Waals surface area contributed by atoms with Gasteiger partial charge in [-0.1, -0.05) is 6.92 Å². The van der Waals surface area contributed by atoms with Crippen LogP contribution in [0, 0.1) is 17.3 Å². The molecule has 3 atom stereocenters. The normalized spacial score (nSPS) is 31.8. The molecule has 1 N–H and O–H groups in total. The molecule has 2 aliphatic rings. The molecule has 1 aromatic rings. The fourth-order valence-corrected chi connectivity index (χ4v) is 3.20. The molecule has 0 radical (unpaired) electrons. The summed E-state index contributed by atoms with van der Waals surface area (Å²) in [5.74, 6) is 2.26. The van der Waals surface area contributed by atoms with Crippen LogP contribution in [-0.2, 0) is 11.3 Å². The van der Waals surface area contributed by atoms with Crippen LogP contribution in [-0.4, -0.2) is 31.3 Å². The first-order valence-electron chi connectivity index (χ1n) is 7.03. The van der Waals surface area contributed by atoms with Crippen molar-refractivity contribution in [2.45, 2.75) is 52.0 Å². The number of aliphatic carboxylic acids is 1. The van der Waals surface area contributed by atoms with E-state index in [4.69, 9.17) is 0 Å². The van der Waals surface area contributed by atoms with Crippen LogP contribution in [0.3, 0.4) is 0 Å². The van der Waals surface area contributed by atoms with Gasteiger partial charge >= 0.3 is 5.97 Å². The van der Waals surface area contributed by atoms with Crippen molar-refractivity contribution in [2.24, 2.45) is 17.3 Å². The van der Waals surface area contributed by atoms with Gasteiger partial charge in [0.1, 0.15) is 0 Å². The maximum Gasteiger partial charge on any atom is 0.311 e. The predicted octanol–water partition coefficient (Wildman–Crippen LogP) is 1.69. The fourth-order valence-electron chi connectivity index (χ4n) is 3.20. The Hall–Kier alpha value is -1.46. The second-order valence-corrected chi connectivity index (χ2v) is 6.34. The minimum atomic E-state index is -0.800. The monoisotopic (exact) mass is 264 g/mol. The number of fused-ring (bicyclic) bond motifs is 1. The van der Waals surface area contributed by atoms with Crippen LogP contribution >= 0.6 is 0 Å². The second-order valence-electron chi connectivity index (χ2n) is 6.34. The van der Waals surface area contributed by atoms with E-state index in [0.717, 1.165) is 17.7 Å². The number of hydrogen-bond acceptors (Lipinski definition) is 4. The summed E-state index contributed by atoms with van der Waals surface area (Å²) >= 11 is 0. The highest BCUT2D eigenvalue weighted by Crippen LogP contribution is 2.57. The van der Waals surface area contributed by atoms with Crippen molar-refractivity contribution < 1.29 is 9.90 Å². The maximum atomic E-state index is 11.4. The van der Waals surface area contributed by atoms with Crippen LogP contribution in [0.15, 0.2) is 0 Å². The van der Waals surface area contributed by atoms with Crippen LogP contribution in [0.5, 0.6) is 0 Å². The van der Waals surface area contributed by atoms with E-state index in [9.17, 15) is 9.90 Å². The van der Waals surface area contributed by atoms with Crippen LogP contribution in [0.2, 0.25) is 0 Å². The van der Waals surface area contributed by atoms with E-state index >= 15 is 0 Å². The van der Waals surface area contributed by atoms with E-state index in [1.165, 1.54) is 19.3 Å². The molecular formula is C13H20N4O2. The highest BCUT2D eigenvalue weighted by molar-refractivity contribution is 5.73. The molecule has 0 saturated heterocycles. The zero-order chi connectivity index (χ0) is 13.6. The lowest BCUT2D eigenvalue weighted by Gasteiger charge is -2.23. The number of carboxylic acid groups (broad SMARTS) is 1. The summed E-state index contributed by atoms with van der Waals surface area (Å²) in [6, 6.07) is 0. The number of hydrogen-bond donors (Lipinski definition) is 1. The molecule has 3 unspecified atom stereocenters. The predicted molar refractivity (Wildman–Crippen MR) is 67.4 cm³/mol. The number of rotatable bonds is 5. The van der Waals surface area contributed by atoms with Crippen molar-refractivity contribution in [1.29, 1.82) is 0 Å². The van der Waals surface area contributed by atoms with Crippen molar-refractivity contribution in [1.82, 2.24) is 20.2 Å². The van der Waals surface area contributed by atoms with Gasteiger partial charge in [0.15, 0.2) is 5.82 Å². The summed E-state index contributed by atoms with van der Waals surface area (Å²) in [6.07, 6.45) is 4.26. The Morgan fingerprint density at radius 3 is 2.68 bits per heavy atom. The molecule has 0 spiro atoms. The van der Waals surface area contributed by atoms with Crippen molar-refractivity contribution in [2.75, 3.05) is 0 Å². The molecule has 1 aromatic heterocycles. The zero-order valence-electron chi connectivity index (χ0n) is 11.4. The molecule has 0 aromatic carbocycles. The molecule has 6 heteroatoms. The summed E-state index contributed by atoms with van der Waals surface area (Å²) in [6.45, 7) is 4.00. The van der Waals surface area contributed by atoms with Crippen molar-refractivity contribution in [3.8, 4) is 0 Å². The number of tetrazole rings is 1. The number of carboxylic acids is 1. The maximum absolute atomic E-state index is 11.4. The first-order valence-corrected chi connectivity index (χ1v) is 7.03. The third kappa shape index (κ3) is 2.13. The molecule has 0 amide bonds. The molecule has 2 aliphatic carbocycles. The Bertz CT molecular complexity index is 491.